The second-order valence-corrected chi connectivity index (χ2v) is 7.95. The molecule has 0 bridgehead atoms. The average molecular weight is 440 g/mol. The van der Waals surface area contributed by atoms with E-state index in [9.17, 15) is 14.7 Å². The van der Waals surface area contributed by atoms with Crippen molar-refractivity contribution in [2.24, 2.45) is 20.8 Å². The van der Waals surface area contributed by atoms with Crippen LogP contribution in [-0.2, 0) is 14.3 Å². The number of aromatic nitrogens is 1. The number of esters is 1. The van der Waals surface area contributed by atoms with Gasteiger partial charge in [0.25, 0.3) is 5.91 Å². The van der Waals surface area contributed by atoms with Crippen molar-refractivity contribution < 1.29 is 19.4 Å². The quantitative estimate of drug-likeness (QED) is 0.189. The summed E-state index contributed by atoms with van der Waals surface area (Å²) in [5, 5.41) is 25.2. The molecule has 32 heavy (non-hydrogen) atoms. The number of nitrogens with one attached hydrogen (secondary N) is 2. The molecule has 3 N–H and O–H groups in total. The molecule has 1 amide bonds. The lowest BCUT2D eigenvalue weighted by atomic mass is 9.79. The molecule has 1 atom stereocenters. The minimum atomic E-state index is -0.721. The lowest BCUT2D eigenvalue weighted by Crippen LogP contribution is -2.47. The molecule has 0 unspecified atom stereocenters. The Balaban J connectivity index is 1.32. The van der Waals surface area contributed by atoms with Crippen molar-refractivity contribution in [2.45, 2.75) is 25.9 Å². The van der Waals surface area contributed by atoms with Gasteiger partial charge in [0.1, 0.15) is 18.8 Å². The van der Waals surface area contributed by atoms with Gasteiger partial charge in [-0.05, 0) is 38.9 Å². The Labute approximate surface area is 184 Å². The highest BCUT2D eigenvalue weighted by Gasteiger charge is 2.48. The minimum Gasteiger partial charge on any atom is -0.456 e. The highest BCUT2D eigenvalue weighted by Crippen LogP contribution is 2.38. The molecule has 0 aliphatic carbocycles. The maximum Gasteiger partial charge on any atom is 0.336 e. The van der Waals surface area contributed by atoms with Gasteiger partial charge in [-0.2, -0.15) is 10.6 Å². The molecule has 1 fully saturated rings. The van der Waals surface area contributed by atoms with Crippen LogP contribution in [0, 0.1) is 10.9 Å². The highest BCUT2D eigenvalue weighted by atomic mass is 16.5. The van der Waals surface area contributed by atoms with E-state index < -0.39 is 17.5 Å². The zero-order valence-electron chi connectivity index (χ0n) is 17.6. The SMILES string of the molecule is CC1=C(N2N=CC3(CCN(C[C@@H](O)c4ccc(N/C=N\N=N)nc4)CC3)C2=O)COC1=O. The minimum absolute atomic E-state index is 0.0663. The Morgan fingerprint density at radius 2 is 2.16 bits per heavy atom. The van der Waals surface area contributed by atoms with Crippen molar-refractivity contribution in [2.75, 3.05) is 31.6 Å². The van der Waals surface area contributed by atoms with Crippen molar-refractivity contribution >= 4 is 30.2 Å². The normalized spacial score (nSPS) is 21.6. The second-order valence-electron chi connectivity index (χ2n) is 7.95. The van der Waals surface area contributed by atoms with Gasteiger partial charge in [0, 0.05) is 24.5 Å². The van der Waals surface area contributed by atoms with E-state index in [-0.39, 0.29) is 12.5 Å². The van der Waals surface area contributed by atoms with E-state index in [4.69, 9.17) is 10.3 Å². The zero-order valence-corrected chi connectivity index (χ0v) is 17.6. The van der Waals surface area contributed by atoms with E-state index in [1.54, 1.807) is 31.5 Å². The van der Waals surface area contributed by atoms with Gasteiger partial charge in [-0.25, -0.2) is 14.8 Å². The van der Waals surface area contributed by atoms with Crippen LogP contribution in [0.5, 0.6) is 0 Å². The molecule has 3 aliphatic heterocycles. The molecule has 1 saturated heterocycles. The van der Waals surface area contributed by atoms with Gasteiger partial charge < -0.3 is 20.1 Å². The van der Waals surface area contributed by atoms with Crippen LogP contribution in [0.1, 0.15) is 31.4 Å². The molecule has 168 valence electrons. The van der Waals surface area contributed by atoms with Crippen LogP contribution in [0.3, 0.4) is 0 Å². The standard InChI is InChI=1S/C20H24N8O4/c1-13-15(10-32-18(13)30)28-19(31)20(11-25-28)4-6-27(7-5-20)9-16(29)14-2-3-17(22-8-14)23-12-24-26-21/h2-3,8,11-12,16,29H,4-7,9-10H2,1H3,(H2,21,22,23,24)/t16-/m1/s1. The number of carbonyl (C=O) groups excluding carboxylic acids is 2. The number of aliphatic hydroxyl groups excluding tert-OH is 1. The Bertz CT molecular complexity index is 995. The van der Waals surface area contributed by atoms with E-state index in [1.165, 1.54) is 11.3 Å². The van der Waals surface area contributed by atoms with Gasteiger partial charge >= 0.3 is 5.97 Å². The first-order chi connectivity index (χ1) is 15.4. The lowest BCUT2D eigenvalue weighted by Gasteiger charge is -2.37. The van der Waals surface area contributed by atoms with Crippen molar-refractivity contribution in [3.8, 4) is 0 Å². The summed E-state index contributed by atoms with van der Waals surface area (Å²) in [6, 6.07) is 3.47. The number of nitrogens with zero attached hydrogens (tertiary/aromatic N) is 6. The van der Waals surface area contributed by atoms with Crippen LogP contribution in [0.25, 0.3) is 0 Å². The predicted molar refractivity (Wildman–Crippen MR) is 114 cm³/mol. The van der Waals surface area contributed by atoms with Crippen LogP contribution < -0.4 is 5.32 Å². The van der Waals surface area contributed by atoms with E-state index in [0.717, 1.165) is 0 Å². The molecule has 4 heterocycles. The smallest absolute Gasteiger partial charge is 0.336 e. The third-order valence-electron chi connectivity index (χ3n) is 6.05. The number of piperidine rings is 1. The summed E-state index contributed by atoms with van der Waals surface area (Å²) in [4.78, 5) is 31.0. The topological polar surface area (TPSA) is 156 Å². The van der Waals surface area contributed by atoms with E-state index in [1.807, 2.05) is 0 Å². The fourth-order valence-corrected chi connectivity index (χ4v) is 4.01. The fourth-order valence-electron chi connectivity index (χ4n) is 4.01. The van der Waals surface area contributed by atoms with Gasteiger partial charge in [0.05, 0.1) is 22.8 Å². The number of cyclic esters (lactones) is 1. The number of ether oxygens (including phenoxy) is 1. The number of likely N-dealkylation sites (tertiary alicyclic amines) is 1. The average Bonchev–Trinajstić information content (AvgIpc) is 3.29. The number of β-amino-alcohol motifs (C(OH)–C–C–N with tert-alkyl or cyclic N) is 1. The van der Waals surface area contributed by atoms with Gasteiger partial charge in [-0.1, -0.05) is 11.3 Å². The molecular weight excluding hydrogens is 416 g/mol. The number of aliphatic hydroxyl groups is 1. The number of hydrogen-bond donors (Lipinski definition) is 3. The second kappa shape index (κ2) is 8.93. The number of hydrazone groups is 1. The maximum atomic E-state index is 13.1. The van der Waals surface area contributed by atoms with Crippen LogP contribution in [0.4, 0.5) is 5.82 Å². The summed E-state index contributed by atoms with van der Waals surface area (Å²) in [7, 11) is 0. The molecular formula is C20H24N8O4. The third kappa shape index (κ3) is 4.14. The first-order valence-electron chi connectivity index (χ1n) is 10.2. The predicted octanol–water partition coefficient (Wildman–Crippen LogP) is 1.24. The first-order valence-corrected chi connectivity index (χ1v) is 10.2. The van der Waals surface area contributed by atoms with Crippen molar-refractivity contribution in [1.29, 1.82) is 5.53 Å². The molecule has 1 aromatic heterocycles. The maximum absolute atomic E-state index is 13.1. The molecule has 0 saturated carbocycles. The van der Waals surface area contributed by atoms with E-state index in [0.29, 0.717) is 55.1 Å². The van der Waals surface area contributed by atoms with Crippen LogP contribution >= 0.6 is 0 Å². The molecule has 4 rings (SSSR count). The number of carbonyl (C=O) groups is 2. The molecule has 1 aromatic rings. The molecule has 0 aromatic carbocycles. The Morgan fingerprint density at radius 3 is 2.78 bits per heavy atom. The number of rotatable bonds is 7. The van der Waals surface area contributed by atoms with E-state index in [2.05, 4.69) is 30.6 Å². The zero-order chi connectivity index (χ0) is 22.7. The van der Waals surface area contributed by atoms with Crippen molar-refractivity contribution in [3.63, 3.8) is 0 Å². The number of pyridine rings is 1. The Morgan fingerprint density at radius 1 is 1.38 bits per heavy atom. The molecule has 3 aliphatic rings. The van der Waals surface area contributed by atoms with Crippen molar-refractivity contribution in [3.05, 3.63) is 35.2 Å². The summed E-state index contributed by atoms with van der Waals surface area (Å²) >= 11 is 0. The molecule has 0 radical (unpaired) electrons. The van der Waals surface area contributed by atoms with Crippen molar-refractivity contribution in [1.82, 2.24) is 14.9 Å². The van der Waals surface area contributed by atoms with Gasteiger partial charge in [-0.3, -0.25) is 4.79 Å². The Hall–Kier alpha value is -3.51. The molecule has 1 spiro atoms. The summed E-state index contributed by atoms with van der Waals surface area (Å²) in [5.41, 5.74) is 7.52. The number of amides is 1. The van der Waals surface area contributed by atoms with E-state index >= 15 is 0 Å². The number of hydrogen-bond acceptors (Lipinski definition) is 9. The lowest BCUT2D eigenvalue weighted by molar-refractivity contribution is -0.138. The molecule has 12 nitrogen and oxygen atoms in total. The highest BCUT2D eigenvalue weighted by molar-refractivity contribution is 6.04. The summed E-state index contributed by atoms with van der Waals surface area (Å²) in [5.74, 6) is -0.0153. The van der Waals surface area contributed by atoms with Gasteiger partial charge in [0.15, 0.2) is 0 Å². The first kappa shape index (κ1) is 21.7. The molecule has 12 heteroatoms. The third-order valence-corrected chi connectivity index (χ3v) is 6.05. The number of anilines is 1. The van der Waals surface area contributed by atoms with Crippen LogP contribution in [0.2, 0.25) is 0 Å². The fraction of sp³-hybridized carbons (Fsp3) is 0.450. The van der Waals surface area contributed by atoms with Crippen LogP contribution in [0.15, 0.2) is 45.0 Å². The van der Waals surface area contributed by atoms with Gasteiger partial charge in [-0.15, -0.1) is 5.10 Å². The largest absolute Gasteiger partial charge is 0.456 e. The summed E-state index contributed by atoms with van der Waals surface area (Å²) in [6.07, 6.45) is 4.97. The van der Waals surface area contributed by atoms with Crippen LogP contribution in [-0.4, -0.2) is 70.7 Å². The van der Waals surface area contributed by atoms with Gasteiger partial charge in [0.2, 0.25) is 0 Å². The monoisotopic (exact) mass is 440 g/mol. The Kier molecular flexibility index (Phi) is 6.06. The summed E-state index contributed by atoms with van der Waals surface area (Å²) in [6.45, 7) is 3.40. The summed E-state index contributed by atoms with van der Waals surface area (Å²) < 4.78 is 5.00.